The first-order chi connectivity index (χ1) is 3.81. The van der Waals surface area contributed by atoms with Gasteiger partial charge in [-0.2, -0.15) is 0 Å². The molecule has 4 heteroatoms. The third-order valence-corrected chi connectivity index (χ3v) is 0.491. The average molecular weight is 133 g/mol. The second kappa shape index (κ2) is 7.13. The molecule has 0 unspecified atom stereocenters. The van der Waals surface area contributed by atoms with Gasteiger partial charge in [0.1, 0.15) is 13.2 Å². The van der Waals surface area contributed by atoms with Gasteiger partial charge in [0.05, 0.1) is 0 Å². The average Bonchev–Trinajstić information content (AvgIpc) is 1.83. The molecule has 0 aromatic rings. The molecule has 0 spiro atoms. The Kier molecular flexibility index (Phi) is 8.71. The van der Waals surface area contributed by atoms with E-state index in [0.717, 1.165) is 0 Å². The van der Waals surface area contributed by atoms with E-state index in [1.807, 2.05) is 0 Å². The largest absolute Gasteiger partial charge is 0.460 e. The van der Waals surface area contributed by atoms with E-state index < -0.39 is 12.6 Å². The van der Waals surface area contributed by atoms with Crippen molar-refractivity contribution >= 4 is 5.97 Å². The number of hydrogen-bond acceptors (Lipinski definition) is 4. The molecule has 0 aliphatic rings. The maximum atomic E-state index is 10.1. The highest BCUT2D eigenvalue weighted by atomic mass is 16.5. The second-order valence-corrected chi connectivity index (χ2v) is 1.13. The first kappa shape index (κ1) is 11.0. The molecule has 0 saturated heterocycles. The molecule has 0 aromatic carbocycles. The van der Waals surface area contributed by atoms with Crippen LogP contribution in [0.25, 0.3) is 0 Å². The zero-order chi connectivity index (χ0) is 6.41. The molecule has 0 amide bonds. The van der Waals surface area contributed by atoms with Crippen LogP contribution in [0.4, 0.5) is 0 Å². The lowest BCUT2D eigenvalue weighted by atomic mass is 10.7. The molecule has 0 fully saturated rings. The van der Waals surface area contributed by atoms with Crippen molar-refractivity contribution in [3.63, 3.8) is 0 Å². The van der Waals surface area contributed by atoms with Crippen LogP contribution in [0.1, 0.15) is 0 Å². The van der Waals surface area contributed by atoms with Crippen LogP contribution in [0.2, 0.25) is 0 Å². The van der Waals surface area contributed by atoms with Crippen molar-refractivity contribution < 1.29 is 14.6 Å². The van der Waals surface area contributed by atoms with Crippen molar-refractivity contribution in [2.75, 3.05) is 13.2 Å². The van der Waals surface area contributed by atoms with E-state index in [4.69, 9.17) is 5.11 Å². The smallest absolute Gasteiger partial charge is 0.332 e. The lowest BCUT2D eigenvalue weighted by molar-refractivity contribution is -0.145. The van der Waals surface area contributed by atoms with Crippen LogP contribution in [-0.2, 0) is 9.53 Å². The lowest BCUT2D eigenvalue weighted by Gasteiger charge is -1.94. The predicted octanol–water partition coefficient (Wildman–Crippen LogP) is -0.130. The number of carbonyl (C=O) groups is 1. The van der Waals surface area contributed by atoms with Gasteiger partial charge in [-0.05, 0) is 0 Å². The number of esters is 1. The van der Waals surface area contributed by atoms with Gasteiger partial charge in [-0.25, -0.2) is 4.79 Å². The molecule has 0 radical (unpaired) electrons. The first-order valence-electron chi connectivity index (χ1n) is 2.18. The van der Waals surface area contributed by atoms with Crippen molar-refractivity contribution in [3.05, 3.63) is 12.7 Å². The minimum absolute atomic E-state index is 0. The van der Waals surface area contributed by atoms with Crippen molar-refractivity contribution in [2.45, 2.75) is 0 Å². The van der Waals surface area contributed by atoms with Crippen LogP contribution in [0.15, 0.2) is 12.7 Å². The Morgan fingerprint density at radius 3 is 2.67 bits per heavy atom. The molecule has 4 N–H and O–H groups in total. The van der Waals surface area contributed by atoms with Crippen molar-refractivity contribution in [3.8, 4) is 0 Å². The van der Waals surface area contributed by atoms with Crippen LogP contribution in [0.3, 0.4) is 0 Å². The maximum absolute atomic E-state index is 10.1. The van der Waals surface area contributed by atoms with Gasteiger partial charge in [0.15, 0.2) is 0 Å². The highest BCUT2D eigenvalue weighted by Crippen LogP contribution is 1.74. The Balaban J connectivity index is 0. The van der Waals surface area contributed by atoms with E-state index in [2.05, 4.69) is 11.3 Å². The molecule has 54 valence electrons. The number of carbonyl (C=O) groups excluding carboxylic acids is 1. The topological polar surface area (TPSA) is 81.5 Å². The van der Waals surface area contributed by atoms with Crippen LogP contribution in [0, 0.1) is 0 Å². The van der Waals surface area contributed by atoms with E-state index in [9.17, 15) is 4.79 Å². The van der Waals surface area contributed by atoms with Crippen molar-refractivity contribution in [1.82, 2.24) is 6.15 Å². The fourth-order valence-corrected chi connectivity index (χ4v) is 0.198. The highest BCUT2D eigenvalue weighted by Gasteiger charge is 1.93. The minimum Gasteiger partial charge on any atom is -0.460 e. The summed E-state index contributed by atoms with van der Waals surface area (Å²) in [6.45, 7) is 2.91. The summed E-state index contributed by atoms with van der Waals surface area (Å²) in [6, 6.07) is 0. The van der Waals surface area contributed by atoms with Gasteiger partial charge in [-0.3, -0.25) is 0 Å². The summed E-state index contributed by atoms with van der Waals surface area (Å²) < 4.78 is 4.33. The molecular weight excluding hydrogens is 122 g/mol. The van der Waals surface area contributed by atoms with Gasteiger partial charge in [0, 0.05) is 0 Å². The minimum atomic E-state index is -0.620. The van der Waals surface area contributed by atoms with E-state index in [-0.39, 0.29) is 12.8 Å². The molecule has 0 aromatic heterocycles. The molecule has 4 nitrogen and oxygen atoms in total. The summed E-state index contributed by atoms with van der Waals surface area (Å²) in [5, 5.41) is 8.05. The number of aliphatic hydroxyl groups is 1. The number of aliphatic hydroxyl groups excluding tert-OH is 1. The number of hydrogen-bond donors (Lipinski definition) is 2. The normalized spacial score (nSPS) is 7.22. The molecule has 9 heavy (non-hydrogen) atoms. The van der Waals surface area contributed by atoms with Crippen molar-refractivity contribution in [1.29, 1.82) is 0 Å². The van der Waals surface area contributed by atoms with Crippen LogP contribution < -0.4 is 6.15 Å². The summed E-state index contributed by atoms with van der Waals surface area (Å²) in [5.74, 6) is -0.620. The van der Waals surface area contributed by atoms with Gasteiger partial charge in [-0.15, -0.1) is 0 Å². The summed E-state index contributed by atoms with van der Waals surface area (Å²) >= 11 is 0. The lowest BCUT2D eigenvalue weighted by Crippen LogP contribution is -2.08. The summed E-state index contributed by atoms with van der Waals surface area (Å²) in [7, 11) is 0. The van der Waals surface area contributed by atoms with Gasteiger partial charge < -0.3 is 16.0 Å². The Bertz CT molecular complexity index is 92.2. The number of rotatable bonds is 3. The molecular formula is C5H11NO3. The Hall–Kier alpha value is -0.870. The SMILES string of the molecule is C=CCOC(=O)CO.N. The Labute approximate surface area is 53.7 Å². The molecule has 0 bridgehead atoms. The van der Waals surface area contributed by atoms with Crippen LogP contribution >= 0.6 is 0 Å². The zero-order valence-corrected chi connectivity index (χ0v) is 5.17. The second-order valence-electron chi connectivity index (χ2n) is 1.13. The highest BCUT2D eigenvalue weighted by molar-refractivity contribution is 5.70. The van der Waals surface area contributed by atoms with E-state index in [1.165, 1.54) is 6.08 Å². The van der Waals surface area contributed by atoms with E-state index >= 15 is 0 Å². The molecule has 0 atom stereocenters. The fourth-order valence-electron chi connectivity index (χ4n) is 0.198. The van der Waals surface area contributed by atoms with Gasteiger partial charge in [-0.1, -0.05) is 12.7 Å². The van der Waals surface area contributed by atoms with Gasteiger partial charge in [0.25, 0.3) is 0 Å². The monoisotopic (exact) mass is 133 g/mol. The van der Waals surface area contributed by atoms with Crippen molar-refractivity contribution in [2.24, 2.45) is 0 Å². The third-order valence-electron chi connectivity index (χ3n) is 0.491. The maximum Gasteiger partial charge on any atom is 0.332 e. The van der Waals surface area contributed by atoms with Gasteiger partial charge in [0.2, 0.25) is 0 Å². The molecule has 0 aliphatic carbocycles. The quantitative estimate of drug-likeness (QED) is 0.415. The Morgan fingerprint density at radius 1 is 1.78 bits per heavy atom. The van der Waals surface area contributed by atoms with Crippen LogP contribution in [0.5, 0.6) is 0 Å². The number of ether oxygens (including phenoxy) is 1. The Morgan fingerprint density at radius 2 is 2.33 bits per heavy atom. The van der Waals surface area contributed by atoms with E-state index in [0.29, 0.717) is 0 Å². The van der Waals surface area contributed by atoms with E-state index in [1.54, 1.807) is 0 Å². The fraction of sp³-hybridized carbons (Fsp3) is 0.400. The summed E-state index contributed by atoms with van der Waals surface area (Å²) in [6.07, 6.45) is 1.44. The molecule has 0 saturated carbocycles. The van der Waals surface area contributed by atoms with Crippen LogP contribution in [-0.4, -0.2) is 24.3 Å². The predicted molar refractivity (Wildman–Crippen MR) is 33.3 cm³/mol. The molecule has 0 aliphatic heterocycles. The molecule has 0 rings (SSSR count). The first-order valence-corrected chi connectivity index (χ1v) is 2.18. The van der Waals surface area contributed by atoms with Gasteiger partial charge >= 0.3 is 5.97 Å². The molecule has 0 heterocycles. The summed E-state index contributed by atoms with van der Waals surface area (Å²) in [4.78, 5) is 10.1. The third kappa shape index (κ3) is 7.13. The summed E-state index contributed by atoms with van der Waals surface area (Å²) in [5.41, 5.74) is 0. The zero-order valence-electron chi connectivity index (χ0n) is 5.17. The standard InChI is InChI=1S/C5H8O3.H3N/c1-2-3-8-5(7)4-6;/h2,6H,1,3-4H2;1H3.